The normalized spacial score (nSPS) is 15.6. The lowest BCUT2D eigenvalue weighted by Gasteiger charge is -2.10. The van der Waals surface area contributed by atoms with Gasteiger partial charge in [0, 0.05) is 11.3 Å². The molecule has 0 spiro atoms. The van der Waals surface area contributed by atoms with Gasteiger partial charge in [0.25, 0.3) is 5.56 Å². The van der Waals surface area contributed by atoms with Gasteiger partial charge in [-0.15, -0.1) is 0 Å². The lowest BCUT2D eigenvalue weighted by Crippen LogP contribution is -2.19. The van der Waals surface area contributed by atoms with E-state index < -0.39 is 0 Å². The Labute approximate surface area is 135 Å². The van der Waals surface area contributed by atoms with E-state index in [-0.39, 0.29) is 5.56 Å². The Morgan fingerprint density at radius 1 is 1.13 bits per heavy atom. The fourth-order valence-electron chi connectivity index (χ4n) is 3.95. The third kappa shape index (κ3) is 2.21. The Bertz CT molecular complexity index is 915. The first kappa shape index (κ1) is 14.2. The van der Waals surface area contributed by atoms with Crippen molar-refractivity contribution < 1.29 is 0 Å². The molecule has 0 saturated heterocycles. The average Bonchev–Trinajstić information content (AvgIpc) is 3.16. The first-order chi connectivity index (χ1) is 11.2. The molecular formula is C19H21N3O. The van der Waals surface area contributed by atoms with Crippen LogP contribution >= 0.6 is 0 Å². The van der Waals surface area contributed by atoms with Gasteiger partial charge in [0.05, 0.1) is 11.3 Å². The Morgan fingerprint density at radius 3 is 2.52 bits per heavy atom. The Hall–Kier alpha value is -2.36. The third-order valence-electron chi connectivity index (χ3n) is 5.01. The van der Waals surface area contributed by atoms with Crippen molar-refractivity contribution in [3.8, 4) is 11.1 Å². The monoisotopic (exact) mass is 307 g/mol. The van der Waals surface area contributed by atoms with E-state index in [4.69, 9.17) is 4.98 Å². The molecule has 0 aliphatic heterocycles. The summed E-state index contributed by atoms with van der Waals surface area (Å²) in [6.07, 6.45) is 4.94. The fourth-order valence-corrected chi connectivity index (χ4v) is 3.95. The highest BCUT2D eigenvalue weighted by molar-refractivity contribution is 5.67. The predicted molar refractivity (Wildman–Crippen MR) is 91.9 cm³/mol. The number of rotatable bonds is 2. The largest absolute Gasteiger partial charge is 0.294 e. The number of aryl methyl sites for hydroxylation is 2. The van der Waals surface area contributed by atoms with Crippen LogP contribution in [0, 0.1) is 13.8 Å². The van der Waals surface area contributed by atoms with Crippen molar-refractivity contribution >= 4 is 5.65 Å². The molecular weight excluding hydrogens is 286 g/mol. The van der Waals surface area contributed by atoms with Crippen molar-refractivity contribution in [2.24, 2.45) is 0 Å². The summed E-state index contributed by atoms with van der Waals surface area (Å²) >= 11 is 0. The van der Waals surface area contributed by atoms with E-state index in [1.807, 2.05) is 37.3 Å². The molecule has 1 aliphatic rings. The summed E-state index contributed by atoms with van der Waals surface area (Å²) in [4.78, 5) is 17.8. The van der Waals surface area contributed by atoms with Gasteiger partial charge in [-0.3, -0.25) is 9.89 Å². The molecule has 1 N–H and O–H groups in total. The van der Waals surface area contributed by atoms with E-state index in [0.29, 0.717) is 11.5 Å². The van der Waals surface area contributed by atoms with E-state index in [9.17, 15) is 4.79 Å². The number of fused-ring (bicyclic) bond motifs is 1. The highest BCUT2D eigenvalue weighted by Crippen LogP contribution is 2.37. The molecule has 1 aromatic carbocycles. The molecule has 2 heterocycles. The van der Waals surface area contributed by atoms with Gasteiger partial charge in [-0.2, -0.15) is 0 Å². The molecule has 4 rings (SSSR count). The molecule has 3 aromatic rings. The lowest BCUT2D eigenvalue weighted by atomic mass is 9.98. The topological polar surface area (TPSA) is 50.2 Å². The van der Waals surface area contributed by atoms with Gasteiger partial charge in [-0.25, -0.2) is 9.50 Å². The lowest BCUT2D eigenvalue weighted by molar-refractivity contribution is 0.721. The summed E-state index contributed by atoms with van der Waals surface area (Å²) in [5.74, 6) is 0.533. The highest BCUT2D eigenvalue weighted by Gasteiger charge is 2.25. The van der Waals surface area contributed by atoms with Crippen molar-refractivity contribution in [3.05, 3.63) is 57.6 Å². The molecule has 2 aromatic heterocycles. The number of aromatic nitrogens is 3. The average molecular weight is 307 g/mol. The van der Waals surface area contributed by atoms with E-state index in [1.54, 1.807) is 4.52 Å². The maximum absolute atomic E-state index is 13.0. The Morgan fingerprint density at radius 2 is 1.83 bits per heavy atom. The SMILES string of the molecule is Cc1nc2c(C3CCCC3)c(C)[nH]n2c(=O)c1-c1ccccc1. The van der Waals surface area contributed by atoms with Crippen LogP contribution in [0.3, 0.4) is 0 Å². The molecule has 1 saturated carbocycles. The first-order valence-electron chi connectivity index (χ1n) is 8.34. The van der Waals surface area contributed by atoms with Crippen LogP contribution in [0.2, 0.25) is 0 Å². The number of hydrogen-bond donors (Lipinski definition) is 1. The minimum Gasteiger partial charge on any atom is -0.294 e. The minimum absolute atomic E-state index is 0.00829. The van der Waals surface area contributed by atoms with Crippen LogP contribution in [-0.2, 0) is 0 Å². The van der Waals surface area contributed by atoms with Crippen molar-refractivity contribution in [2.45, 2.75) is 45.4 Å². The maximum atomic E-state index is 13.0. The standard InChI is InChI=1S/C19H21N3O/c1-12-17(15-8-4-3-5-9-15)19(23)22-18(20-12)16(13(2)21-22)14-10-6-7-11-14/h3-5,8-9,14,21H,6-7,10-11H2,1-2H3. The van der Waals surface area contributed by atoms with E-state index >= 15 is 0 Å². The molecule has 0 radical (unpaired) electrons. The van der Waals surface area contributed by atoms with Crippen LogP contribution in [0.5, 0.6) is 0 Å². The number of nitrogens with zero attached hydrogens (tertiary/aromatic N) is 2. The van der Waals surface area contributed by atoms with E-state index in [1.165, 1.54) is 31.2 Å². The molecule has 1 aliphatic carbocycles. The van der Waals surface area contributed by atoms with Crippen LogP contribution in [0.15, 0.2) is 35.1 Å². The molecule has 4 heteroatoms. The Balaban J connectivity index is 1.98. The molecule has 23 heavy (non-hydrogen) atoms. The van der Waals surface area contributed by atoms with Crippen molar-refractivity contribution in [1.82, 2.24) is 14.6 Å². The zero-order valence-electron chi connectivity index (χ0n) is 13.6. The summed E-state index contributed by atoms with van der Waals surface area (Å²) in [7, 11) is 0. The summed E-state index contributed by atoms with van der Waals surface area (Å²) in [5, 5.41) is 3.25. The van der Waals surface area contributed by atoms with Crippen LogP contribution in [-0.4, -0.2) is 14.6 Å². The molecule has 1 fully saturated rings. The van der Waals surface area contributed by atoms with Crippen molar-refractivity contribution in [2.75, 3.05) is 0 Å². The quantitative estimate of drug-likeness (QED) is 0.779. The molecule has 0 unspecified atom stereocenters. The van der Waals surface area contributed by atoms with E-state index in [0.717, 1.165) is 22.6 Å². The number of aromatic amines is 1. The second-order valence-electron chi connectivity index (χ2n) is 6.53. The Kier molecular flexibility index (Phi) is 3.33. The molecule has 4 nitrogen and oxygen atoms in total. The van der Waals surface area contributed by atoms with Gasteiger partial charge in [0.2, 0.25) is 0 Å². The van der Waals surface area contributed by atoms with Crippen LogP contribution in [0.4, 0.5) is 0 Å². The van der Waals surface area contributed by atoms with Gasteiger partial charge in [0.15, 0.2) is 5.65 Å². The molecule has 0 atom stereocenters. The highest BCUT2D eigenvalue weighted by atomic mass is 16.1. The fraction of sp³-hybridized carbons (Fsp3) is 0.368. The van der Waals surface area contributed by atoms with Crippen LogP contribution in [0.1, 0.15) is 48.6 Å². The van der Waals surface area contributed by atoms with Crippen molar-refractivity contribution in [3.63, 3.8) is 0 Å². The third-order valence-corrected chi connectivity index (χ3v) is 5.01. The molecule has 0 amide bonds. The van der Waals surface area contributed by atoms with Crippen LogP contribution in [0.25, 0.3) is 16.8 Å². The summed E-state index contributed by atoms with van der Waals surface area (Å²) < 4.78 is 1.64. The first-order valence-corrected chi connectivity index (χ1v) is 8.34. The number of hydrogen-bond acceptors (Lipinski definition) is 2. The van der Waals surface area contributed by atoms with Gasteiger partial charge in [0.1, 0.15) is 0 Å². The zero-order chi connectivity index (χ0) is 16.0. The van der Waals surface area contributed by atoms with Gasteiger partial charge >= 0.3 is 0 Å². The number of nitrogens with one attached hydrogen (secondary N) is 1. The van der Waals surface area contributed by atoms with Gasteiger partial charge < -0.3 is 0 Å². The number of H-pyrrole nitrogens is 1. The van der Waals surface area contributed by atoms with E-state index in [2.05, 4.69) is 12.0 Å². The zero-order valence-corrected chi connectivity index (χ0v) is 13.6. The van der Waals surface area contributed by atoms with Crippen molar-refractivity contribution in [1.29, 1.82) is 0 Å². The van der Waals surface area contributed by atoms with Gasteiger partial charge in [-0.05, 0) is 38.2 Å². The van der Waals surface area contributed by atoms with Gasteiger partial charge in [-0.1, -0.05) is 43.2 Å². The smallest absolute Gasteiger partial charge is 0.280 e. The predicted octanol–water partition coefficient (Wildman–Crippen LogP) is 3.96. The second kappa shape index (κ2) is 5.37. The number of benzene rings is 1. The summed E-state index contributed by atoms with van der Waals surface area (Å²) in [5.41, 5.74) is 5.53. The minimum atomic E-state index is -0.00829. The summed E-state index contributed by atoms with van der Waals surface area (Å²) in [6, 6.07) is 9.79. The second-order valence-corrected chi connectivity index (χ2v) is 6.53. The molecule has 118 valence electrons. The maximum Gasteiger partial charge on any atom is 0.280 e. The molecule has 0 bridgehead atoms. The van der Waals surface area contributed by atoms with Crippen LogP contribution < -0.4 is 5.56 Å². The summed E-state index contributed by atoms with van der Waals surface area (Å²) in [6.45, 7) is 3.99.